The summed E-state index contributed by atoms with van der Waals surface area (Å²) in [6.45, 7) is 5.66. The molecule has 1 atom stereocenters. The minimum atomic E-state index is -3.30. The van der Waals surface area contributed by atoms with Crippen LogP contribution in [0.4, 0.5) is 0 Å². The normalized spacial score (nSPS) is 25.9. The molecule has 2 heterocycles. The van der Waals surface area contributed by atoms with Gasteiger partial charge in [-0.25, -0.2) is 0 Å². The molecular weight excluding hydrogens is 274 g/mol. The van der Waals surface area contributed by atoms with Crippen LogP contribution < -0.4 is 5.32 Å². The minimum Gasteiger partial charge on any atom is -0.315 e. The van der Waals surface area contributed by atoms with E-state index in [9.17, 15) is 8.42 Å². The van der Waals surface area contributed by atoms with Crippen LogP contribution in [0.5, 0.6) is 0 Å². The summed E-state index contributed by atoms with van der Waals surface area (Å²) in [6.07, 6.45) is 9.00. The van der Waals surface area contributed by atoms with E-state index in [0.717, 1.165) is 45.2 Å². The second-order valence-corrected chi connectivity index (χ2v) is 7.47. The quantitative estimate of drug-likeness (QED) is 0.595. The first-order chi connectivity index (χ1) is 9.66. The number of piperidine rings is 1. The van der Waals surface area contributed by atoms with Crippen LogP contribution in [-0.2, 0) is 10.2 Å². The summed E-state index contributed by atoms with van der Waals surface area (Å²) in [6, 6.07) is 0.117. The first kappa shape index (κ1) is 15.9. The lowest BCUT2D eigenvalue weighted by Crippen LogP contribution is -2.54. The number of nitrogens with zero attached hydrogens (tertiary/aromatic N) is 2. The summed E-state index contributed by atoms with van der Waals surface area (Å²) >= 11 is 0. The summed E-state index contributed by atoms with van der Waals surface area (Å²) in [5, 5.41) is 3.37. The number of hydrogen-bond donors (Lipinski definition) is 1. The summed E-state index contributed by atoms with van der Waals surface area (Å²) in [7, 11) is -3.30. The van der Waals surface area contributed by atoms with Crippen LogP contribution in [0.25, 0.3) is 0 Å². The molecule has 1 saturated heterocycles. The number of nitrogens with one attached hydrogen (secondary N) is 1. The Hall–Kier alpha value is -0.430. The van der Waals surface area contributed by atoms with Crippen LogP contribution >= 0.6 is 0 Å². The molecule has 6 heteroatoms. The molecule has 2 aliphatic heterocycles. The lowest BCUT2D eigenvalue weighted by molar-refractivity contribution is 0.228. The van der Waals surface area contributed by atoms with Crippen LogP contribution in [0.1, 0.15) is 39.0 Å². The highest BCUT2D eigenvalue weighted by Gasteiger charge is 2.36. The molecule has 0 radical (unpaired) electrons. The van der Waals surface area contributed by atoms with E-state index in [-0.39, 0.29) is 6.04 Å². The lowest BCUT2D eigenvalue weighted by atomic mass is 10.1. The Morgan fingerprint density at radius 1 is 1.25 bits per heavy atom. The largest absolute Gasteiger partial charge is 0.315 e. The first-order valence-electron chi connectivity index (χ1n) is 7.79. The molecule has 0 aromatic heterocycles. The number of rotatable bonds is 6. The van der Waals surface area contributed by atoms with Crippen LogP contribution in [0.15, 0.2) is 12.2 Å². The molecule has 0 bridgehead atoms. The number of hydrogen-bond acceptors (Lipinski definition) is 3. The van der Waals surface area contributed by atoms with Crippen molar-refractivity contribution in [3.8, 4) is 0 Å². The average molecular weight is 301 g/mol. The molecule has 2 aliphatic rings. The van der Waals surface area contributed by atoms with E-state index < -0.39 is 10.2 Å². The van der Waals surface area contributed by atoms with Crippen molar-refractivity contribution in [2.24, 2.45) is 0 Å². The molecule has 0 saturated carbocycles. The van der Waals surface area contributed by atoms with E-state index >= 15 is 0 Å². The van der Waals surface area contributed by atoms with Crippen molar-refractivity contribution in [2.75, 3.05) is 32.7 Å². The SMILES string of the molecule is CCCNCC1CCCCN1S(=O)(=O)N1CC=CCC1. The van der Waals surface area contributed by atoms with Crippen molar-refractivity contribution in [2.45, 2.75) is 45.1 Å². The third-order valence-electron chi connectivity index (χ3n) is 4.02. The maximum absolute atomic E-state index is 12.8. The van der Waals surface area contributed by atoms with Crippen LogP contribution in [0.2, 0.25) is 0 Å². The van der Waals surface area contributed by atoms with Gasteiger partial charge in [0.05, 0.1) is 0 Å². The summed E-state index contributed by atoms with van der Waals surface area (Å²) in [4.78, 5) is 0. The zero-order valence-electron chi connectivity index (χ0n) is 12.4. The highest BCUT2D eigenvalue weighted by Crippen LogP contribution is 2.23. The van der Waals surface area contributed by atoms with Gasteiger partial charge in [0.25, 0.3) is 10.2 Å². The summed E-state index contributed by atoms with van der Waals surface area (Å²) < 4.78 is 28.9. The van der Waals surface area contributed by atoms with E-state index in [0.29, 0.717) is 19.6 Å². The van der Waals surface area contributed by atoms with Gasteiger partial charge in [0.15, 0.2) is 0 Å². The summed E-state index contributed by atoms with van der Waals surface area (Å²) in [5.41, 5.74) is 0. The van der Waals surface area contributed by atoms with Crippen molar-refractivity contribution in [1.82, 2.24) is 13.9 Å². The van der Waals surface area contributed by atoms with E-state index in [4.69, 9.17) is 0 Å². The smallest absolute Gasteiger partial charge is 0.282 e. The second-order valence-electron chi connectivity index (χ2n) is 5.59. The molecule has 1 unspecified atom stereocenters. The third kappa shape index (κ3) is 3.81. The fourth-order valence-electron chi connectivity index (χ4n) is 2.90. The second kappa shape index (κ2) is 7.54. The summed E-state index contributed by atoms with van der Waals surface area (Å²) in [5.74, 6) is 0. The fraction of sp³-hybridized carbons (Fsp3) is 0.857. The first-order valence-corrected chi connectivity index (χ1v) is 9.18. The zero-order valence-corrected chi connectivity index (χ0v) is 13.2. The molecule has 0 spiro atoms. The highest BCUT2D eigenvalue weighted by molar-refractivity contribution is 7.86. The van der Waals surface area contributed by atoms with Crippen molar-refractivity contribution >= 4 is 10.2 Å². The van der Waals surface area contributed by atoms with E-state index in [2.05, 4.69) is 18.3 Å². The minimum absolute atomic E-state index is 0.117. The average Bonchev–Trinajstić information content (AvgIpc) is 2.49. The molecule has 0 aromatic carbocycles. The highest BCUT2D eigenvalue weighted by atomic mass is 32.2. The fourth-order valence-corrected chi connectivity index (χ4v) is 4.73. The monoisotopic (exact) mass is 301 g/mol. The maximum Gasteiger partial charge on any atom is 0.282 e. The van der Waals surface area contributed by atoms with E-state index in [1.165, 1.54) is 0 Å². The van der Waals surface area contributed by atoms with Gasteiger partial charge in [-0.2, -0.15) is 17.0 Å². The molecule has 0 aromatic rings. The van der Waals surface area contributed by atoms with Crippen molar-refractivity contribution < 1.29 is 8.42 Å². The maximum atomic E-state index is 12.8. The molecule has 1 N–H and O–H groups in total. The standard InChI is InChI=1S/C14H27N3O2S/c1-2-9-15-13-14-8-4-7-12-17(14)20(18,19)16-10-5-3-6-11-16/h3,5,14-15H,2,4,6-13H2,1H3. The molecule has 116 valence electrons. The molecule has 0 amide bonds. The Kier molecular flexibility index (Phi) is 6.01. The van der Waals surface area contributed by atoms with E-state index in [1.54, 1.807) is 8.61 Å². The van der Waals surface area contributed by atoms with Crippen LogP contribution in [0, 0.1) is 0 Å². The molecular formula is C14H27N3O2S. The van der Waals surface area contributed by atoms with Gasteiger partial charge in [0.1, 0.15) is 0 Å². The van der Waals surface area contributed by atoms with Crippen molar-refractivity contribution in [3.63, 3.8) is 0 Å². The van der Waals surface area contributed by atoms with E-state index in [1.807, 2.05) is 6.08 Å². The Morgan fingerprint density at radius 2 is 2.10 bits per heavy atom. The van der Waals surface area contributed by atoms with Gasteiger partial charge in [0.2, 0.25) is 0 Å². The van der Waals surface area contributed by atoms with Gasteiger partial charge >= 0.3 is 0 Å². The van der Waals surface area contributed by atoms with Gasteiger partial charge in [-0.3, -0.25) is 0 Å². The molecule has 2 rings (SSSR count). The predicted molar refractivity (Wildman–Crippen MR) is 81.8 cm³/mol. The Bertz CT molecular complexity index is 422. The van der Waals surface area contributed by atoms with Crippen molar-refractivity contribution in [3.05, 3.63) is 12.2 Å². The molecule has 0 aliphatic carbocycles. The van der Waals surface area contributed by atoms with Gasteiger partial charge in [-0.05, 0) is 32.2 Å². The van der Waals surface area contributed by atoms with Gasteiger partial charge in [0, 0.05) is 32.2 Å². The third-order valence-corrected chi connectivity index (χ3v) is 6.08. The Morgan fingerprint density at radius 3 is 2.80 bits per heavy atom. The van der Waals surface area contributed by atoms with Crippen LogP contribution in [-0.4, -0.2) is 55.8 Å². The van der Waals surface area contributed by atoms with Crippen molar-refractivity contribution in [1.29, 1.82) is 0 Å². The Balaban J connectivity index is 2.03. The lowest BCUT2D eigenvalue weighted by Gasteiger charge is -2.38. The molecule has 1 fully saturated rings. The molecule has 20 heavy (non-hydrogen) atoms. The van der Waals surface area contributed by atoms with Gasteiger partial charge < -0.3 is 5.32 Å². The zero-order chi connectivity index (χ0) is 14.4. The van der Waals surface area contributed by atoms with Gasteiger partial charge in [-0.15, -0.1) is 0 Å². The topological polar surface area (TPSA) is 52.7 Å². The Labute approximate surface area is 123 Å². The van der Waals surface area contributed by atoms with Crippen LogP contribution in [0.3, 0.4) is 0 Å². The predicted octanol–water partition coefficient (Wildman–Crippen LogP) is 1.35. The molecule has 5 nitrogen and oxygen atoms in total. The van der Waals surface area contributed by atoms with Gasteiger partial charge in [-0.1, -0.05) is 25.5 Å².